The highest BCUT2D eigenvalue weighted by Gasteiger charge is 2.29. The van der Waals surface area contributed by atoms with E-state index in [1.807, 2.05) is 0 Å². The normalized spacial score (nSPS) is 23.3. The first-order chi connectivity index (χ1) is 9.30. The van der Waals surface area contributed by atoms with E-state index in [9.17, 15) is 0 Å². The van der Waals surface area contributed by atoms with Gasteiger partial charge in [-0.2, -0.15) is 0 Å². The standard InChI is InChI=1S/C15H26N4/c1-3-13-9-15(18-11-17-13)19(4-2)14-8-6-5-7-12(14)10-16/h9,11-12,14H,3-8,10,16H2,1-2H3. The summed E-state index contributed by atoms with van der Waals surface area (Å²) < 4.78 is 0. The molecule has 0 bridgehead atoms. The highest BCUT2D eigenvalue weighted by molar-refractivity contribution is 5.40. The summed E-state index contributed by atoms with van der Waals surface area (Å²) in [6.07, 6.45) is 7.77. The predicted molar refractivity (Wildman–Crippen MR) is 79.2 cm³/mol. The van der Waals surface area contributed by atoms with Crippen molar-refractivity contribution in [1.82, 2.24) is 9.97 Å². The maximum absolute atomic E-state index is 5.96. The number of aromatic nitrogens is 2. The van der Waals surface area contributed by atoms with E-state index in [2.05, 4.69) is 34.8 Å². The smallest absolute Gasteiger partial charge is 0.132 e. The van der Waals surface area contributed by atoms with Gasteiger partial charge < -0.3 is 10.6 Å². The van der Waals surface area contributed by atoms with Crippen LogP contribution >= 0.6 is 0 Å². The maximum atomic E-state index is 5.96. The summed E-state index contributed by atoms with van der Waals surface area (Å²) in [6.45, 7) is 6.11. The lowest BCUT2D eigenvalue weighted by Crippen LogP contribution is -2.45. The summed E-state index contributed by atoms with van der Waals surface area (Å²) in [5.41, 5.74) is 7.08. The van der Waals surface area contributed by atoms with Crippen LogP contribution in [0.2, 0.25) is 0 Å². The minimum atomic E-state index is 0.545. The highest BCUT2D eigenvalue weighted by atomic mass is 15.2. The number of aryl methyl sites for hydroxylation is 1. The maximum Gasteiger partial charge on any atom is 0.132 e. The molecule has 1 heterocycles. The number of anilines is 1. The van der Waals surface area contributed by atoms with E-state index in [0.717, 1.165) is 31.0 Å². The fourth-order valence-electron chi connectivity index (χ4n) is 3.18. The molecular weight excluding hydrogens is 236 g/mol. The van der Waals surface area contributed by atoms with Crippen LogP contribution in [0, 0.1) is 5.92 Å². The van der Waals surface area contributed by atoms with Gasteiger partial charge >= 0.3 is 0 Å². The van der Waals surface area contributed by atoms with Gasteiger partial charge in [-0.3, -0.25) is 0 Å². The van der Waals surface area contributed by atoms with Crippen molar-refractivity contribution in [3.63, 3.8) is 0 Å². The lowest BCUT2D eigenvalue weighted by molar-refractivity contribution is 0.299. The van der Waals surface area contributed by atoms with Crippen LogP contribution in [-0.2, 0) is 6.42 Å². The van der Waals surface area contributed by atoms with Gasteiger partial charge in [0.1, 0.15) is 12.1 Å². The van der Waals surface area contributed by atoms with Crippen molar-refractivity contribution in [2.75, 3.05) is 18.0 Å². The zero-order valence-electron chi connectivity index (χ0n) is 12.2. The lowest BCUT2D eigenvalue weighted by atomic mass is 9.83. The first-order valence-corrected chi connectivity index (χ1v) is 7.57. The molecule has 1 fully saturated rings. The topological polar surface area (TPSA) is 55.0 Å². The van der Waals surface area contributed by atoms with E-state index in [1.54, 1.807) is 6.33 Å². The van der Waals surface area contributed by atoms with Gasteiger partial charge in [0.25, 0.3) is 0 Å². The number of nitrogens with zero attached hydrogens (tertiary/aromatic N) is 3. The second-order valence-corrected chi connectivity index (χ2v) is 5.35. The molecule has 0 spiro atoms. The summed E-state index contributed by atoms with van der Waals surface area (Å²) in [5.74, 6) is 1.67. The Kier molecular flexibility index (Phi) is 5.14. The van der Waals surface area contributed by atoms with Gasteiger partial charge in [0, 0.05) is 24.3 Å². The quantitative estimate of drug-likeness (QED) is 0.885. The Hall–Kier alpha value is -1.16. The van der Waals surface area contributed by atoms with E-state index >= 15 is 0 Å². The predicted octanol–water partition coefficient (Wildman–Crippen LogP) is 2.38. The number of nitrogens with two attached hydrogens (primary N) is 1. The van der Waals surface area contributed by atoms with Crippen LogP contribution in [0.25, 0.3) is 0 Å². The van der Waals surface area contributed by atoms with Crippen molar-refractivity contribution in [2.24, 2.45) is 11.7 Å². The van der Waals surface area contributed by atoms with Gasteiger partial charge in [-0.15, -0.1) is 0 Å². The third-order valence-electron chi connectivity index (χ3n) is 4.28. The average Bonchev–Trinajstić information content (AvgIpc) is 2.49. The molecule has 2 unspecified atom stereocenters. The Bertz CT molecular complexity index is 393. The van der Waals surface area contributed by atoms with Crippen LogP contribution in [0.5, 0.6) is 0 Å². The molecule has 0 aliphatic heterocycles. The van der Waals surface area contributed by atoms with Crippen molar-refractivity contribution in [3.05, 3.63) is 18.1 Å². The van der Waals surface area contributed by atoms with Crippen LogP contribution in [0.3, 0.4) is 0 Å². The van der Waals surface area contributed by atoms with E-state index in [4.69, 9.17) is 5.73 Å². The Morgan fingerprint density at radius 3 is 2.74 bits per heavy atom. The van der Waals surface area contributed by atoms with Gasteiger partial charge in [0.05, 0.1) is 0 Å². The van der Waals surface area contributed by atoms with Crippen molar-refractivity contribution >= 4 is 5.82 Å². The van der Waals surface area contributed by atoms with Crippen LogP contribution in [-0.4, -0.2) is 29.1 Å². The van der Waals surface area contributed by atoms with Crippen LogP contribution < -0.4 is 10.6 Å². The minimum Gasteiger partial charge on any atom is -0.353 e. The Morgan fingerprint density at radius 1 is 1.26 bits per heavy atom. The molecule has 4 heteroatoms. The number of hydrogen-bond acceptors (Lipinski definition) is 4. The molecule has 0 aromatic carbocycles. The highest BCUT2D eigenvalue weighted by Crippen LogP contribution is 2.30. The van der Waals surface area contributed by atoms with Gasteiger partial charge in [-0.05, 0) is 38.6 Å². The van der Waals surface area contributed by atoms with Crippen LogP contribution in [0.4, 0.5) is 5.82 Å². The first-order valence-electron chi connectivity index (χ1n) is 7.57. The van der Waals surface area contributed by atoms with E-state index in [0.29, 0.717) is 12.0 Å². The fourth-order valence-corrected chi connectivity index (χ4v) is 3.18. The monoisotopic (exact) mass is 262 g/mol. The minimum absolute atomic E-state index is 0.545. The van der Waals surface area contributed by atoms with E-state index in [1.165, 1.54) is 25.7 Å². The molecule has 19 heavy (non-hydrogen) atoms. The summed E-state index contributed by atoms with van der Waals surface area (Å²) >= 11 is 0. The Balaban J connectivity index is 2.21. The lowest BCUT2D eigenvalue weighted by Gasteiger charge is -2.40. The molecule has 2 rings (SSSR count). The molecule has 0 radical (unpaired) electrons. The first kappa shape index (κ1) is 14.3. The summed E-state index contributed by atoms with van der Waals surface area (Å²) in [7, 11) is 0. The molecule has 1 aromatic heterocycles. The van der Waals surface area contributed by atoms with Crippen LogP contribution in [0.1, 0.15) is 45.2 Å². The molecule has 1 saturated carbocycles. The number of hydrogen-bond donors (Lipinski definition) is 1. The van der Waals surface area contributed by atoms with Gasteiger partial charge in [0.15, 0.2) is 0 Å². The zero-order chi connectivity index (χ0) is 13.7. The molecule has 106 valence electrons. The molecular formula is C15H26N4. The van der Waals surface area contributed by atoms with E-state index in [-0.39, 0.29) is 0 Å². The second-order valence-electron chi connectivity index (χ2n) is 5.35. The van der Waals surface area contributed by atoms with Gasteiger partial charge in [-0.25, -0.2) is 9.97 Å². The third-order valence-corrected chi connectivity index (χ3v) is 4.28. The second kappa shape index (κ2) is 6.85. The summed E-state index contributed by atoms with van der Waals surface area (Å²) in [6, 6.07) is 2.68. The molecule has 1 aliphatic rings. The van der Waals surface area contributed by atoms with Gasteiger partial charge in [0.2, 0.25) is 0 Å². The Morgan fingerprint density at radius 2 is 2.05 bits per heavy atom. The Labute approximate surface area is 116 Å². The fraction of sp³-hybridized carbons (Fsp3) is 0.733. The molecule has 0 saturated heterocycles. The molecule has 4 nitrogen and oxygen atoms in total. The SMILES string of the molecule is CCc1cc(N(CC)C2CCCCC2CN)ncn1. The van der Waals surface area contributed by atoms with Crippen molar-refractivity contribution in [2.45, 2.75) is 52.0 Å². The molecule has 1 aliphatic carbocycles. The molecule has 2 atom stereocenters. The van der Waals surface area contributed by atoms with E-state index < -0.39 is 0 Å². The van der Waals surface area contributed by atoms with Crippen molar-refractivity contribution in [1.29, 1.82) is 0 Å². The zero-order valence-corrected chi connectivity index (χ0v) is 12.2. The molecule has 0 amide bonds. The molecule has 1 aromatic rings. The summed E-state index contributed by atoms with van der Waals surface area (Å²) in [5, 5.41) is 0. The average molecular weight is 262 g/mol. The van der Waals surface area contributed by atoms with Gasteiger partial charge in [-0.1, -0.05) is 19.8 Å². The number of rotatable bonds is 5. The third kappa shape index (κ3) is 3.24. The van der Waals surface area contributed by atoms with Crippen molar-refractivity contribution < 1.29 is 0 Å². The van der Waals surface area contributed by atoms with Crippen LogP contribution in [0.15, 0.2) is 12.4 Å². The molecule has 2 N–H and O–H groups in total. The van der Waals surface area contributed by atoms with Crippen molar-refractivity contribution in [3.8, 4) is 0 Å². The largest absolute Gasteiger partial charge is 0.353 e. The summed E-state index contributed by atoms with van der Waals surface area (Å²) in [4.78, 5) is 11.2.